The van der Waals surface area contributed by atoms with E-state index in [2.05, 4.69) is 10.6 Å². The van der Waals surface area contributed by atoms with Crippen molar-refractivity contribution in [3.63, 3.8) is 0 Å². The molecule has 140 valence electrons. The zero-order valence-corrected chi connectivity index (χ0v) is 15.9. The molecule has 0 saturated carbocycles. The van der Waals surface area contributed by atoms with Gasteiger partial charge < -0.3 is 20.1 Å². The van der Waals surface area contributed by atoms with Gasteiger partial charge in [-0.15, -0.1) is 11.3 Å². The highest BCUT2D eigenvalue weighted by Gasteiger charge is 2.05. The number of nitrogens with one attached hydrogen (secondary N) is 2. The second kappa shape index (κ2) is 9.64. The van der Waals surface area contributed by atoms with E-state index in [1.165, 1.54) is 0 Å². The first-order chi connectivity index (χ1) is 13.2. The predicted molar refractivity (Wildman–Crippen MR) is 110 cm³/mol. The van der Waals surface area contributed by atoms with Gasteiger partial charge in [0.1, 0.15) is 18.1 Å². The largest absolute Gasteiger partial charge is 0.497 e. The number of thiophene rings is 1. The third-order valence-electron chi connectivity index (χ3n) is 3.84. The topological polar surface area (TPSA) is 59.6 Å². The molecule has 0 fully saturated rings. The number of rotatable bonds is 9. The minimum absolute atomic E-state index is 0.00829. The van der Waals surface area contributed by atoms with Crippen molar-refractivity contribution in [1.82, 2.24) is 0 Å². The van der Waals surface area contributed by atoms with E-state index in [9.17, 15) is 4.79 Å². The fourth-order valence-corrected chi connectivity index (χ4v) is 3.19. The van der Waals surface area contributed by atoms with Crippen molar-refractivity contribution in [3.05, 3.63) is 70.9 Å². The van der Waals surface area contributed by atoms with Crippen molar-refractivity contribution in [1.29, 1.82) is 0 Å². The van der Waals surface area contributed by atoms with Crippen LogP contribution in [0.4, 0.5) is 11.4 Å². The molecule has 27 heavy (non-hydrogen) atoms. The molecule has 3 rings (SSSR count). The molecule has 0 bridgehead atoms. The zero-order chi connectivity index (χ0) is 18.9. The van der Waals surface area contributed by atoms with Crippen LogP contribution in [0.3, 0.4) is 0 Å². The van der Waals surface area contributed by atoms with Gasteiger partial charge in [-0.3, -0.25) is 4.79 Å². The molecule has 0 aliphatic heterocycles. The highest BCUT2D eigenvalue weighted by molar-refractivity contribution is 7.10. The third kappa shape index (κ3) is 6.04. The number of carbonyl (C=O) groups is 1. The molecule has 2 N–H and O–H groups in total. The smallest absolute Gasteiger partial charge is 0.229 e. The number of hydrogen-bond acceptors (Lipinski definition) is 5. The van der Waals surface area contributed by atoms with E-state index >= 15 is 0 Å². The molecule has 6 heteroatoms. The summed E-state index contributed by atoms with van der Waals surface area (Å²) < 4.78 is 10.8. The minimum Gasteiger partial charge on any atom is -0.497 e. The molecule has 3 aromatic rings. The fraction of sp³-hybridized carbons (Fsp3) is 0.190. The second-order valence-corrected chi connectivity index (χ2v) is 6.86. The van der Waals surface area contributed by atoms with Gasteiger partial charge in [0.2, 0.25) is 5.91 Å². The molecule has 0 saturated heterocycles. The maximum Gasteiger partial charge on any atom is 0.229 e. The van der Waals surface area contributed by atoms with Crippen LogP contribution in [-0.4, -0.2) is 26.2 Å². The van der Waals surface area contributed by atoms with E-state index in [-0.39, 0.29) is 5.91 Å². The van der Waals surface area contributed by atoms with Gasteiger partial charge in [-0.1, -0.05) is 6.07 Å². The van der Waals surface area contributed by atoms with Gasteiger partial charge in [-0.05, 0) is 60.0 Å². The summed E-state index contributed by atoms with van der Waals surface area (Å²) in [4.78, 5) is 13.1. The predicted octanol–water partition coefficient (Wildman–Crippen LogP) is 4.43. The first-order valence-electron chi connectivity index (χ1n) is 8.66. The fourth-order valence-electron chi connectivity index (χ4n) is 2.48. The van der Waals surface area contributed by atoms with Crippen molar-refractivity contribution >= 4 is 28.6 Å². The van der Waals surface area contributed by atoms with Crippen molar-refractivity contribution in [3.8, 4) is 11.5 Å². The summed E-state index contributed by atoms with van der Waals surface area (Å²) in [6.45, 7) is 1.22. The summed E-state index contributed by atoms with van der Waals surface area (Å²) in [7, 11) is 1.64. The Morgan fingerprint density at radius 3 is 2.33 bits per heavy atom. The molecule has 1 heterocycles. The molecule has 0 radical (unpaired) electrons. The molecule has 0 unspecified atom stereocenters. The Kier molecular flexibility index (Phi) is 6.71. The minimum atomic E-state index is -0.00829. The van der Waals surface area contributed by atoms with Gasteiger partial charge in [-0.25, -0.2) is 0 Å². The van der Waals surface area contributed by atoms with Crippen LogP contribution < -0.4 is 20.1 Å². The first-order valence-corrected chi connectivity index (χ1v) is 9.54. The highest BCUT2D eigenvalue weighted by Crippen LogP contribution is 2.17. The van der Waals surface area contributed by atoms with Crippen LogP contribution in [0.1, 0.15) is 4.88 Å². The van der Waals surface area contributed by atoms with Gasteiger partial charge in [0, 0.05) is 22.8 Å². The lowest BCUT2D eigenvalue weighted by molar-refractivity contribution is -0.115. The lowest BCUT2D eigenvalue weighted by Gasteiger charge is -2.10. The number of hydrogen-bond donors (Lipinski definition) is 2. The SMILES string of the molecule is COc1ccc(OCCNc2ccc(NC(=O)Cc3cccs3)cc2)cc1. The van der Waals surface area contributed by atoms with Crippen LogP contribution in [0, 0.1) is 0 Å². The quantitative estimate of drug-likeness (QED) is 0.538. The van der Waals surface area contributed by atoms with Crippen molar-refractivity contribution in [2.45, 2.75) is 6.42 Å². The van der Waals surface area contributed by atoms with E-state index in [0.29, 0.717) is 19.6 Å². The van der Waals surface area contributed by atoms with Gasteiger partial charge >= 0.3 is 0 Å². The van der Waals surface area contributed by atoms with Crippen molar-refractivity contribution in [2.24, 2.45) is 0 Å². The van der Waals surface area contributed by atoms with Crippen LogP contribution in [0.25, 0.3) is 0 Å². The molecular weight excluding hydrogens is 360 g/mol. The molecule has 0 spiro atoms. The Balaban J connectivity index is 1.38. The van der Waals surface area contributed by atoms with Crippen LogP contribution in [0.5, 0.6) is 11.5 Å². The zero-order valence-electron chi connectivity index (χ0n) is 15.1. The number of carbonyl (C=O) groups excluding carboxylic acids is 1. The summed E-state index contributed by atoms with van der Waals surface area (Å²) in [5.41, 5.74) is 1.76. The highest BCUT2D eigenvalue weighted by atomic mass is 32.1. The van der Waals surface area contributed by atoms with Gasteiger partial charge in [0.25, 0.3) is 0 Å². The Morgan fingerprint density at radius 1 is 0.963 bits per heavy atom. The average Bonchev–Trinajstić information content (AvgIpc) is 3.20. The lowest BCUT2D eigenvalue weighted by atomic mass is 10.2. The van der Waals surface area contributed by atoms with E-state index in [1.54, 1.807) is 18.4 Å². The maximum absolute atomic E-state index is 12.0. The van der Waals surface area contributed by atoms with Gasteiger partial charge in [0.05, 0.1) is 13.5 Å². The number of methoxy groups -OCH3 is 1. The normalized spacial score (nSPS) is 10.3. The van der Waals surface area contributed by atoms with Crippen molar-refractivity contribution < 1.29 is 14.3 Å². The summed E-state index contributed by atoms with van der Waals surface area (Å²) in [5.74, 6) is 1.61. The molecule has 0 aliphatic rings. The Morgan fingerprint density at radius 2 is 1.67 bits per heavy atom. The Bertz CT molecular complexity index is 831. The maximum atomic E-state index is 12.0. The molecule has 1 amide bonds. The van der Waals surface area contributed by atoms with Crippen LogP contribution in [0.2, 0.25) is 0 Å². The molecule has 0 atom stereocenters. The van der Waals surface area contributed by atoms with Crippen LogP contribution in [0.15, 0.2) is 66.0 Å². The third-order valence-corrected chi connectivity index (χ3v) is 4.72. The molecule has 5 nitrogen and oxygen atoms in total. The molecule has 0 aliphatic carbocycles. The average molecular weight is 382 g/mol. The Labute approximate surface area is 162 Å². The van der Waals surface area contributed by atoms with Gasteiger partial charge in [0.15, 0.2) is 0 Å². The van der Waals surface area contributed by atoms with Crippen molar-refractivity contribution in [2.75, 3.05) is 30.9 Å². The first kappa shape index (κ1) is 18.8. The number of ether oxygens (including phenoxy) is 2. The summed E-state index contributed by atoms with van der Waals surface area (Å²) in [6, 6.07) is 19.1. The standard InChI is InChI=1S/C21H22N2O3S/c1-25-18-8-10-19(11-9-18)26-13-12-22-16-4-6-17(7-5-16)23-21(24)15-20-3-2-14-27-20/h2-11,14,22H,12-13,15H2,1H3,(H,23,24). The van der Waals surface area contributed by atoms with Crippen LogP contribution >= 0.6 is 11.3 Å². The molecular formula is C21H22N2O3S. The molecule has 1 aromatic heterocycles. The van der Waals surface area contributed by atoms with E-state index in [4.69, 9.17) is 9.47 Å². The van der Waals surface area contributed by atoms with Gasteiger partial charge in [-0.2, -0.15) is 0 Å². The summed E-state index contributed by atoms with van der Waals surface area (Å²) in [5, 5.41) is 8.18. The summed E-state index contributed by atoms with van der Waals surface area (Å²) in [6.07, 6.45) is 0.403. The summed E-state index contributed by atoms with van der Waals surface area (Å²) >= 11 is 1.59. The van der Waals surface area contributed by atoms with E-state index < -0.39 is 0 Å². The number of anilines is 2. The number of amides is 1. The molecule has 2 aromatic carbocycles. The van der Waals surface area contributed by atoms with E-state index in [0.717, 1.165) is 27.8 Å². The van der Waals surface area contributed by atoms with Crippen LogP contribution in [-0.2, 0) is 11.2 Å². The monoisotopic (exact) mass is 382 g/mol. The van der Waals surface area contributed by atoms with E-state index in [1.807, 2.05) is 66.0 Å². The number of benzene rings is 2. The lowest BCUT2D eigenvalue weighted by Crippen LogP contribution is -2.14. The Hall–Kier alpha value is -2.99. The second-order valence-electron chi connectivity index (χ2n) is 5.83.